The van der Waals surface area contributed by atoms with Crippen LogP contribution in [0.25, 0.3) is 22.2 Å². The lowest BCUT2D eigenvalue weighted by Crippen LogP contribution is -2.01. The van der Waals surface area contributed by atoms with E-state index in [1.807, 2.05) is 36.4 Å². The maximum atomic E-state index is 11.7. The number of nitrogens with zero attached hydrogens (tertiary/aromatic N) is 1. The van der Waals surface area contributed by atoms with E-state index in [1.54, 1.807) is 12.1 Å². The zero-order valence-electron chi connectivity index (χ0n) is 12.9. The normalized spacial score (nSPS) is 11.1. The van der Waals surface area contributed by atoms with Crippen LogP contribution in [0.1, 0.15) is 35.7 Å². The molecule has 1 aromatic heterocycles. The van der Waals surface area contributed by atoms with Gasteiger partial charge >= 0.3 is 5.97 Å². The zero-order valence-corrected chi connectivity index (χ0v) is 13.6. The van der Waals surface area contributed by atoms with Gasteiger partial charge in [-0.05, 0) is 35.7 Å². The number of pyridine rings is 1. The molecule has 3 aromatic rings. The third-order valence-electron chi connectivity index (χ3n) is 3.88. The molecule has 2 aromatic carbocycles. The summed E-state index contributed by atoms with van der Waals surface area (Å²) in [5.74, 6) is -0.643. The zero-order chi connectivity index (χ0) is 16.6. The molecular formula is C19H16ClNO2. The van der Waals surface area contributed by atoms with Crippen molar-refractivity contribution < 1.29 is 9.90 Å². The third kappa shape index (κ3) is 2.92. The van der Waals surface area contributed by atoms with Crippen molar-refractivity contribution in [2.45, 2.75) is 19.8 Å². The molecule has 0 aliphatic rings. The van der Waals surface area contributed by atoms with Crippen molar-refractivity contribution in [1.29, 1.82) is 0 Å². The van der Waals surface area contributed by atoms with Gasteiger partial charge in [0.2, 0.25) is 0 Å². The standard InChI is InChI=1S/C19H16ClNO2/c1-11(2)12-7-8-17-14(9-12)15(19(22)23)10-18(21-17)13-5-3-4-6-16(13)20/h3-11H,1-2H3,(H,22,23). The summed E-state index contributed by atoms with van der Waals surface area (Å²) < 4.78 is 0. The van der Waals surface area contributed by atoms with E-state index >= 15 is 0 Å². The van der Waals surface area contributed by atoms with Gasteiger partial charge in [0, 0.05) is 16.0 Å². The fourth-order valence-electron chi connectivity index (χ4n) is 2.59. The van der Waals surface area contributed by atoms with Crippen molar-refractivity contribution in [3.63, 3.8) is 0 Å². The molecule has 4 heteroatoms. The van der Waals surface area contributed by atoms with E-state index in [4.69, 9.17) is 11.6 Å². The van der Waals surface area contributed by atoms with Crippen LogP contribution < -0.4 is 0 Å². The van der Waals surface area contributed by atoms with Gasteiger partial charge in [0.25, 0.3) is 0 Å². The average Bonchev–Trinajstić information content (AvgIpc) is 2.53. The number of halogens is 1. The van der Waals surface area contributed by atoms with Crippen molar-refractivity contribution in [3.8, 4) is 11.3 Å². The van der Waals surface area contributed by atoms with E-state index in [-0.39, 0.29) is 5.56 Å². The lowest BCUT2D eigenvalue weighted by Gasteiger charge is -2.11. The van der Waals surface area contributed by atoms with Gasteiger partial charge in [-0.3, -0.25) is 0 Å². The van der Waals surface area contributed by atoms with Crippen LogP contribution in [0.3, 0.4) is 0 Å². The van der Waals surface area contributed by atoms with Crippen molar-refractivity contribution in [2.24, 2.45) is 0 Å². The second-order valence-corrected chi connectivity index (χ2v) is 6.18. The molecule has 116 valence electrons. The average molecular weight is 326 g/mol. The minimum atomic E-state index is -0.966. The molecule has 0 amide bonds. The third-order valence-corrected chi connectivity index (χ3v) is 4.21. The summed E-state index contributed by atoms with van der Waals surface area (Å²) in [7, 11) is 0. The minimum Gasteiger partial charge on any atom is -0.478 e. The maximum Gasteiger partial charge on any atom is 0.336 e. The fourth-order valence-corrected chi connectivity index (χ4v) is 2.82. The molecule has 0 spiro atoms. The van der Waals surface area contributed by atoms with E-state index in [0.717, 1.165) is 11.1 Å². The summed E-state index contributed by atoms with van der Waals surface area (Å²) in [5.41, 5.74) is 3.29. The maximum absolute atomic E-state index is 11.7. The fraction of sp³-hybridized carbons (Fsp3) is 0.158. The van der Waals surface area contributed by atoms with E-state index in [2.05, 4.69) is 18.8 Å². The summed E-state index contributed by atoms with van der Waals surface area (Å²) in [6.45, 7) is 4.15. The molecule has 3 rings (SSSR count). The van der Waals surface area contributed by atoms with Gasteiger partial charge in [-0.1, -0.05) is 49.7 Å². The minimum absolute atomic E-state index is 0.243. The highest BCUT2D eigenvalue weighted by Crippen LogP contribution is 2.31. The molecule has 0 atom stereocenters. The van der Waals surface area contributed by atoms with Gasteiger partial charge in [0.1, 0.15) is 0 Å². The Kier molecular flexibility index (Phi) is 4.05. The van der Waals surface area contributed by atoms with Crippen LogP contribution >= 0.6 is 11.6 Å². The highest BCUT2D eigenvalue weighted by Gasteiger charge is 2.15. The second-order valence-electron chi connectivity index (χ2n) is 5.77. The molecular weight excluding hydrogens is 310 g/mol. The van der Waals surface area contributed by atoms with Crippen LogP contribution in [-0.4, -0.2) is 16.1 Å². The van der Waals surface area contributed by atoms with Crippen LogP contribution in [0.15, 0.2) is 48.5 Å². The molecule has 0 radical (unpaired) electrons. The van der Waals surface area contributed by atoms with Gasteiger partial charge in [-0.2, -0.15) is 0 Å². The lowest BCUT2D eigenvalue weighted by atomic mass is 9.97. The number of aromatic nitrogens is 1. The highest BCUT2D eigenvalue weighted by atomic mass is 35.5. The molecule has 1 heterocycles. The van der Waals surface area contributed by atoms with Gasteiger partial charge in [-0.25, -0.2) is 9.78 Å². The number of benzene rings is 2. The number of hydrogen-bond acceptors (Lipinski definition) is 2. The number of carbonyl (C=O) groups is 1. The first-order chi connectivity index (χ1) is 11.0. The Morgan fingerprint density at radius 1 is 1.13 bits per heavy atom. The van der Waals surface area contributed by atoms with Crippen LogP contribution in [0.2, 0.25) is 5.02 Å². The summed E-state index contributed by atoms with van der Waals surface area (Å²) >= 11 is 6.22. The number of carboxylic acid groups (broad SMARTS) is 1. The lowest BCUT2D eigenvalue weighted by molar-refractivity contribution is 0.0699. The molecule has 0 saturated heterocycles. The van der Waals surface area contributed by atoms with Crippen LogP contribution in [0.4, 0.5) is 0 Å². The first-order valence-electron chi connectivity index (χ1n) is 7.40. The summed E-state index contributed by atoms with van der Waals surface area (Å²) in [5, 5.41) is 10.8. The predicted molar refractivity (Wildman–Crippen MR) is 93.2 cm³/mol. The van der Waals surface area contributed by atoms with E-state index in [1.165, 1.54) is 0 Å². The van der Waals surface area contributed by atoms with E-state index in [0.29, 0.717) is 27.5 Å². The molecule has 0 unspecified atom stereocenters. The van der Waals surface area contributed by atoms with Crippen molar-refractivity contribution in [2.75, 3.05) is 0 Å². The Hall–Kier alpha value is -2.39. The van der Waals surface area contributed by atoms with Crippen LogP contribution in [0, 0.1) is 0 Å². The quantitative estimate of drug-likeness (QED) is 0.703. The number of carboxylic acids is 1. The Morgan fingerprint density at radius 2 is 1.87 bits per heavy atom. The van der Waals surface area contributed by atoms with Gasteiger partial charge in [0.05, 0.1) is 16.8 Å². The Labute approximate surface area is 139 Å². The number of hydrogen-bond donors (Lipinski definition) is 1. The first-order valence-corrected chi connectivity index (χ1v) is 7.78. The smallest absolute Gasteiger partial charge is 0.336 e. The van der Waals surface area contributed by atoms with E-state index in [9.17, 15) is 9.90 Å². The Bertz CT molecular complexity index is 903. The Balaban J connectivity index is 2.30. The molecule has 0 aliphatic heterocycles. The summed E-state index contributed by atoms with van der Waals surface area (Å²) in [4.78, 5) is 16.3. The number of rotatable bonds is 3. The predicted octanol–water partition coefficient (Wildman–Crippen LogP) is 5.38. The van der Waals surface area contributed by atoms with Crippen molar-refractivity contribution in [3.05, 3.63) is 64.7 Å². The van der Waals surface area contributed by atoms with Crippen LogP contribution in [0.5, 0.6) is 0 Å². The molecule has 3 nitrogen and oxygen atoms in total. The van der Waals surface area contributed by atoms with Crippen molar-refractivity contribution >= 4 is 28.5 Å². The van der Waals surface area contributed by atoms with Gasteiger partial charge < -0.3 is 5.11 Å². The molecule has 0 saturated carbocycles. The van der Waals surface area contributed by atoms with Gasteiger partial charge in [0.15, 0.2) is 0 Å². The monoisotopic (exact) mass is 325 g/mol. The Morgan fingerprint density at radius 3 is 2.52 bits per heavy atom. The second kappa shape index (κ2) is 6.01. The number of fused-ring (bicyclic) bond motifs is 1. The number of aromatic carboxylic acids is 1. The largest absolute Gasteiger partial charge is 0.478 e. The molecule has 23 heavy (non-hydrogen) atoms. The molecule has 0 fully saturated rings. The first kappa shape index (κ1) is 15.5. The van der Waals surface area contributed by atoms with Crippen molar-refractivity contribution in [1.82, 2.24) is 4.98 Å². The van der Waals surface area contributed by atoms with E-state index < -0.39 is 5.97 Å². The van der Waals surface area contributed by atoms with Gasteiger partial charge in [-0.15, -0.1) is 0 Å². The highest BCUT2D eigenvalue weighted by molar-refractivity contribution is 6.33. The van der Waals surface area contributed by atoms with Crippen LogP contribution in [-0.2, 0) is 0 Å². The molecule has 0 aliphatic carbocycles. The molecule has 1 N–H and O–H groups in total. The SMILES string of the molecule is CC(C)c1ccc2nc(-c3ccccc3Cl)cc(C(=O)O)c2c1. The topological polar surface area (TPSA) is 50.2 Å². The molecule has 0 bridgehead atoms. The summed E-state index contributed by atoms with van der Waals surface area (Å²) in [6.07, 6.45) is 0. The summed E-state index contributed by atoms with van der Waals surface area (Å²) in [6, 6.07) is 14.7.